The molecule has 0 fully saturated rings. The Bertz CT molecular complexity index is 1890. The van der Waals surface area contributed by atoms with Gasteiger partial charge in [0.25, 0.3) is 8.32 Å². The number of aryl methyl sites for hydroxylation is 1. The van der Waals surface area contributed by atoms with Gasteiger partial charge in [-0.05, 0) is 84.4 Å². The molecular formula is C50H69NO5SSi2. The zero-order valence-electron chi connectivity index (χ0n) is 37.4. The molecule has 4 aromatic rings. The number of nitrogens with zero attached hydrogens (tertiary/aromatic N) is 1. The van der Waals surface area contributed by atoms with Crippen molar-refractivity contribution in [1.82, 2.24) is 4.98 Å². The normalized spacial score (nSPS) is 24.9. The van der Waals surface area contributed by atoms with E-state index in [4.69, 9.17) is 13.6 Å². The van der Waals surface area contributed by atoms with Crippen molar-refractivity contribution in [1.29, 1.82) is 0 Å². The number of rotatable bonds is 9. The quantitative estimate of drug-likeness (QED) is 0.0782. The minimum atomic E-state index is -3.31. The third-order valence-corrected chi connectivity index (χ3v) is 22.2. The van der Waals surface area contributed by atoms with Gasteiger partial charge in [0.1, 0.15) is 6.10 Å². The van der Waals surface area contributed by atoms with Crippen molar-refractivity contribution in [3.05, 3.63) is 125 Å². The summed E-state index contributed by atoms with van der Waals surface area (Å²) in [5.74, 6) is -0.416. The predicted octanol–water partition coefficient (Wildman–Crippen LogP) is 10.4. The fourth-order valence-corrected chi connectivity index (χ4v) is 14.6. The van der Waals surface area contributed by atoms with Crippen LogP contribution >= 0.6 is 11.3 Å². The molecule has 1 aliphatic rings. The standard InChI is InChI=1S/C50H69NO5SSi2/c1-36-25-17-12-13-24-32-44(37(2)33-40-35-57-39(4)51-40)54-46(53)34-45(52)50(8,9)48(38(3)47(36)55-58(10,11)49(5,6)7)56-59(41-26-18-14-19-27-41,42-28-20-15-21-29-42)43-30-22-16-23-31-43/h13-16,18-24,26-31,33,35-36,38,44-45,47-48,52H,12,17,25,32,34H2,1-11H3/b24-13-,37-33-/t36-,38+,44-,45+,47?,48+/m0/s1. The molecule has 3 aromatic carbocycles. The van der Waals surface area contributed by atoms with E-state index in [2.05, 4.69) is 170 Å². The number of benzene rings is 3. The Morgan fingerprint density at radius 2 is 1.44 bits per heavy atom. The van der Waals surface area contributed by atoms with Gasteiger partial charge in [-0.3, -0.25) is 4.79 Å². The summed E-state index contributed by atoms with van der Waals surface area (Å²) in [6.45, 7) is 24.3. The number of hydrogen-bond acceptors (Lipinski definition) is 7. The van der Waals surface area contributed by atoms with Crippen LogP contribution in [-0.2, 0) is 18.4 Å². The van der Waals surface area contributed by atoms with Crippen LogP contribution in [-0.4, -0.2) is 57.1 Å². The van der Waals surface area contributed by atoms with Crippen LogP contribution in [0.1, 0.15) is 98.2 Å². The first-order valence-corrected chi connectivity index (χ1v) is 27.2. The lowest BCUT2D eigenvalue weighted by Crippen LogP contribution is -2.72. The zero-order chi connectivity index (χ0) is 43.0. The van der Waals surface area contributed by atoms with Crippen molar-refractivity contribution in [2.75, 3.05) is 0 Å². The molecule has 1 aliphatic heterocycles. The number of esters is 1. The average molecular weight is 852 g/mol. The molecule has 6 nitrogen and oxygen atoms in total. The summed E-state index contributed by atoms with van der Waals surface area (Å²) in [6.07, 6.45) is 7.32. The highest BCUT2D eigenvalue weighted by atomic mass is 32.1. The van der Waals surface area contributed by atoms with Crippen molar-refractivity contribution in [2.24, 2.45) is 17.3 Å². The highest BCUT2D eigenvalue weighted by Gasteiger charge is 2.53. The summed E-state index contributed by atoms with van der Waals surface area (Å²) in [4.78, 5) is 18.7. The number of aliphatic hydroxyl groups excluding tert-OH is 1. The molecule has 5 rings (SSSR count). The number of hydrogen-bond donors (Lipinski definition) is 1. The molecule has 0 aliphatic carbocycles. The van der Waals surface area contributed by atoms with Crippen molar-refractivity contribution >= 4 is 55.6 Å². The number of thiazole rings is 1. The second-order valence-corrected chi connectivity index (χ2v) is 28.0. The molecular weight excluding hydrogens is 783 g/mol. The Morgan fingerprint density at radius 1 is 0.898 bits per heavy atom. The maximum Gasteiger partial charge on any atom is 0.309 e. The number of aliphatic hydroxyl groups is 1. The number of carbonyl (C=O) groups is 1. The molecule has 2 heterocycles. The van der Waals surface area contributed by atoms with Gasteiger partial charge < -0.3 is 18.7 Å². The number of allylic oxidation sites excluding steroid dienone is 1. The molecule has 0 saturated carbocycles. The van der Waals surface area contributed by atoms with E-state index in [0.29, 0.717) is 6.42 Å². The van der Waals surface area contributed by atoms with Crippen LogP contribution < -0.4 is 15.6 Å². The molecule has 1 aromatic heterocycles. The topological polar surface area (TPSA) is 77.9 Å². The Morgan fingerprint density at radius 3 is 1.93 bits per heavy atom. The summed E-state index contributed by atoms with van der Waals surface area (Å²) in [5.41, 5.74) is 0.847. The summed E-state index contributed by atoms with van der Waals surface area (Å²) >= 11 is 1.60. The largest absolute Gasteiger partial charge is 0.457 e. The fraction of sp³-hybridized carbons (Fsp3) is 0.480. The van der Waals surface area contributed by atoms with Crippen LogP contribution in [0.25, 0.3) is 6.08 Å². The highest BCUT2D eigenvalue weighted by Crippen LogP contribution is 2.44. The Kier molecular flexibility index (Phi) is 15.8. The van der Waals surface area contributed by atoms with Crippen LogP contribution in [0.5, 0.6) is 0 Å². The van der Waals surface area contributed by atoms with Crippen molar-refractivity contribution in [3.63, 3.8) is 0 Å². The third-order valence-electron chi connectivity index (χ3n) is 12.9. The predicted molar refractivity (Wildman–Crippen MR) is 252 cm³/mol. The van der Waals surface area contributed by atoms with Gasteiger partial charge in [0, 0.05) is 23.1 Å². The average Bonchev–Trinajstić information content (AvgIpc) is 3.61. The van der Waals surface area contributed by atoms with E-state index in [0.717, 1.165) is 51.1 Å². The smallest absolute Gasteiger partial charge is 0.309 e. The maximum atomic E-state index is 14.1. The molecule has 59 heavy (non-hydrogen) atoms. The summed E-state index contributed by atoms with van der Waals surface area (Å²) in [5, 5.41) is 18.9. The van der Waals surface area contributed by atoms with Crippen molar-refractivity contribution in [2.45, 2.75) is 137 Å². The SMILES string of the molecule is C/C(=C/c1csc(C)n1)[C@@H]1C/C=C\CCC[C@H](C)C(O[Si](C)(C)C(C)(C)C)[C@@H](C)[C@@H](O[Si](c2ccccc2)(c2ccccc2)c2ccccc2)C(C)(C)[C@H](O)CC(=O)O1. The van der Waals surface area contributed by atoms with Crippen LogP contribution in [0, 0.1) is 24.2 Å². The minimum absolute atomic E-state index is 0.0162. The fourth-order valence-electron chi connectivity index (χ4n) is 8.26. The molecule has 0 saturated heterocycles. The van der Waals surface area contributed by atoms with E-state index < -0.39 is 46.3 Å². The first kappa shape index (κ1) is 46.6. The van der Waals surface area contributed by atoms with Crippen LogP contribution in [0.15, 0.2) is 114 Å². The number of carbonyl (C=O) groups excluding carboxylic acids is 1. The van der Waals surface area contributed by atoms with Crippen LogP contribution in [0.4, 0.5) is 0 Å². The lowest BCUT2D eigenvalue weighted by molar-refractivity contribution is -0.154. The van der Waals surface area contributed by atoms with Gasteiger partial charge in [0.05, 0.1) is 35.4 Å². The lowest BCUT2D eigenvalue weighted by atomic mass is 9.71. The second-order valence-electron chi connectivity index (χ2n) is 18.8. The molecule has 0 spiro atoms. The lowest BCUT2D eigenvalue weighted by Gasteiger charge is -2.51. The van der Waals surface area contributed by atoms with Gasteiger partial charge in [0.15, 0.2) is 8.32 Å². The molecule has 1 unspecified atom stereocenters. The Balaban J connectivity index is 1.68. The first-order valence-electron chi connectivity index (χ1n) is 21.5. The van der Waals surface area contributed by atoms with E-state index in [1.165, 1.54) is 0 Å². The van der Waals surface area contributed by atoms with Crippen molar-refractivity contribution in [3.8, 4) is 0 Å². The van der Waals surface area contributed by atoms with Crippen LogP contribution in [0.3, 0.4) is 0 Å². The molecule has 0 radical (unpaired) electrons. The maximum absolute atomic E-state index is 14.1. The van der Waals surface area contributed by atoms with Crippen molar-refractivity contribution < 1.29 is 23.5 Å². The van der Waals surface area contributed by atoms with E-state index in [1.54, 1.807) is 11.3 Å². The van der Waals surface area contributed by atoms with E-state index in [-0.39, 0.29) is 29.4 Å². The number of cyclic esters (lactones) is 1. The summed E-state index contributed by atoms with van der Waals surface area (Å²) < 4.78 is 21.9. The summed E-state index contributed by atoms with van der Waals surface area (Å²) in [6, 6.07) is 31.8. The van der Waals surface area contributed by atoms with E-state index in [1.807, 2.05) is 25.3 Å². The van der Waals surface area contributed by atoms with Gasteiger partial charge in [-0.1, -0.05) is 152 Å². The molecule has 318 valence electrons. The number of ether oxygens (including phenoxy) is 1. The Labute approximate surface area is 361 Å². The van der Waals surface area contributed by atoms with E-state index in [9.17, 15) is 9.90 Å². The minimum Gasteiger partial charge on any atom is -0.457 e. The van der Waals surface area contributed by atoms with Gasteiger partial charge in [-0.25, -0.2) is 4.98 Å². The Hall–Kier alpha value is -3.45. The van der Waals surface area contributed by atoms with Crippen LogP contribution in [0.2, 0.25) is 18.1 Å². The molecule has 0 amide bonds. The molecule has 6 atom stereocenters. The first-order chi connectivity index (χ1) is 27.9. The third kappa shape index (κ3) is 11.3. The summed E-state index contributed by atoms with van der Waals surface area (Å²) in [7, 11) is -5.62. The highest BCUT2D eigenvalue weighted by molar-refractivity contribution is 7.09. The molecule has 1 N–H and O–H groups in total. The monoisotopic (exact) mass is 851 g/mol. The van der Waals surface area contributed by atoms with E-state index >= 15 is 0 Å². The van der Waals surface area contributed by atoms with Gasteiger partial charge in [-0.15, -0.1) is 11.3 Å². The van der Waals surface area contributed by atoms with Gasteiger partial charge >= 0.3 is 5.97 Å². The van der Waals surface area contributed by atoms with Gasteiger partial charge in [0.2, 0.25) is 0 Å². The second kappa shape index (κ2) is 20.0. The van der Waals surface area contributed by atoms with Gasteiger partial charge in [-0.2, -0.15) is 0 Å². The zero-order valence-corrected chi connectivity index (χ0v) is 40.2. The molecule has 9 heteroatoms. The number of aromatic nitrogens is 1. The molecule has 0 bridgehead atoms.